The standard InChI is InChI=1S/C18H24N6O.HI/c1-19-17(22-14-15-5-3-6-16(13-15)25-2)23-9-11-24(12-10-23)18-20-7-4-8-21-18;/h3-8,13H,9-12,14H2,1-2H3,(H,19,22);1H. The molecule has 1 fully saturated rings. The van der Waals surface area contributed by atoms with Gasteiger partial charge in [-0.3, -0.25) is 4.99 Å². The quantitative estimate of drug-likeness (QED) is 0.421. The summed E-state index contributed by atoms with van der Waals surface area (Å²) in [6.07, 6.45) is 3.56. The van der Waals surface area contributed by atoms with Crippen LogP contribution in [0.5, 0.6) is 5.75 Å². The van der Waals surface area contributed by atoms with Crippen molar-refractivity contribution >= 4 is 35.9 Å². The van der Waals surface area contributed by atoms with E-state index in [1.165, 1.54) is 0 Å². The Morgan fingerprint density at radius 2 is 1.88 bits per heavy atom. The second kappa shape index (κ2) is 10.1. The third-order valence-electron chi connectivity index (χ3n) is 4.21. The highest BCUT2D eigenvalue weighted by atomic mass is 127. The molecule has 7 nitrogen and oxygen atoms in total. The lowest BCUT2D eigenvalue weighted by Crippen LogP contribution is -2.52. The zero-order valence-electron chi connectivity index (χ0n) is 15.1. The number of benzene rings is 1. The van der Waals surface area contributed by atoms with E-state index in [0.29, 0.717) is 6.54 Å². The second-order valence-corrected chi connectivity index (χ2v) is 5.78. The average Bonchev–Trinajstić information content (AvgIpc) is 2.70. The van der Waals surface area contributed by atoms with Gasteiger partial charge in [0.25, 0.3) is 0 Å². The molecule has 0 amide bonds. The smallest absolute Gasteiger partial charge is 0.225 e. The van der Waals surface area contributed by atoms with Crippen molar-refractivity contribution in [3.63, 3.8) is 0 Å². The number of hydrogen-bond acceptors (Lipinski definition) is 5. The third kappa shape index (κ3) is 5.20. The highest BCUT2D eigenvalue weighted by molar-refractivity contribution is 14.0. The first kappa shape index (κ1) is 20.2. The van der Waals surface area contributed by atoms with Gasteiger partial charge in [0, 0.05) is 52.2 Å². The van der Waals surface area contributed by atoms with Crippen molar-refractivity contribution < 1.29 is 4.74 Å². The van der Waals surface area contributed by atoms with Gasteiger partial charge in [-0.1, -0.05) is 12.1 Å². The van der Waals surface area contributed by atoms with Gasteiger partial charge in [-0.05, 0) is 23.8 Å². The first-order chi connectivity index (χ1) is 12.3. The first-order valence-corrected chi connectivity index (χ1v) is 8.40. The minimum Gasteiger partial charge on any atom is -0.497 e. The van der Waals surface area contributed by atoms with E-state index in [1.54, 1.807) is 19.5 Å². The van der Waals surface area contributed by atoms with E-state index in [-0.39, 0.29) is 24.0 Å². The third-order valence-corrected chi connectivity index (χ3v) is 4.21. The molecule has 8 heteroatoms. The number of nitrogens with one attached hydrogen (secondary N) is 1. The molecule has 0 bridgehead atoms. The Balaban J connectivity index is 0.00000243. The lowest BCUT2D eigenvalue weighted by molar-refractivity contribution is 0.370. The normalized spacial score (nSPS) is 14.6. The molecule has 3 rings (SSSR count). The number of halogens is 1. The number of ether oxygens (including phenoxy) is 1. The summed E-state index contributed by atoms with van der Waals surface area (Å²) < 4.78 is 5.27. The predicted octanol–water partition coefficient (Wildman–Crippen LogP) is 2.00. The lowest BCUT2D eigenvalue weighted by atomic mass is 10.2. The minimum absolute atomic E-state index is 0. The number of hydrogen-bond donors (Lipinski definition) is 1. The molecule has 0 unspecified atom stereocenters. The highest BCUT2D eigenvalue weighted by Crippen LogP contribution is 2.13. The fraction of sp³-hybridized carbons (Fsp3) is 0.389. The van der Waals surface area contributed by atoms with Gasteiger partial charge in [-0.15, -0.1) is 24.0 Å². The van der Waals surface area contributed by atoms with E-state index in [9.17, 15) is 0 Å². The summed E-state index contributed by atoms with van der Waals surface area (Å²) in [4.78, 5) is 17.5. The molecular formula is C18H25IN6O. The van der Waals surface area contributed by atoms with Crippen LogP contribution in [0.1, 0.15) is 5.56 Å². The second-order valence-electron chi connectivity index (χ2n) is 5.78. The van der Waals surface area contributed by atoms with Crippen molar-refractivity contribution in [2.75, 3.05) is 45.2 Å². The number of aromatic nitrogens is 2. The number of aliphatic imine (C=N–C) groups is 1. The van der Waals surface area contributed by atoms with Gasteiger partial charge in [-0.25, -0.2) is 9.97 Å². The summed E-state index contributed by atoms with van der Waals surface area (Å²) in [6, 6.07) is 9.89. The molecular weight excluding hydrogens is 443 g/mol. The molecule has 1 aliphatic rings. The Morgan fingerprint density at radius 3 is 2.54 bits per heavy atom. The van der Waals surface area contributed by atoms with Crippen molar-refractivity contribution in [2.45, 2.75) is 6.54 Å². The molecule has 1 aliphatic heterocycles. The molecule has 0 aliphatic carbocycles. The molecule has 1 saturated heterocycles. The van der Waals surface area contributed by atoms with Crippen LogP contribution in [0.15, 0.2) is 47.7 Å². The van der Waals surface area contributed by atoms with Gasteiger partial charge >= 0.3 is 0 Å². The number of anilines is 1. The fourth-order valence-corrected chi connectivity index (χ4v) is 2.87. The highest BCUT2D eigenvalue weighted by Gasteiger charge is 2.20. The molecule has 0 spiro atoms. The predicted molar refractivity (Wildman–Crippen MR) is 114 cm³/mol. The summed E-state index contributed by atoms with van der Waals surface area (Å²) in [5, 5.41) is 3.43. The molecule has 26 heavy (non-hydrogen) atoms. The number of rotatable bonds is 4. The largest absolute Gasteiger partial charge is 0.497 e. The monoisotopic (exact) mass is 468 g/mol. The Morgan fingerprint density at radius 1 is 1.15 bits per heavy atom. The molecule has 140 valence electrons. The van der Waals surface area contributed by atoms with Crippen molar-refractivity contribution in [3.05, 3.63) is 48.3 Å². The average molecular weight is 468 g/mol. The Hall–Kier alpha value is -2.10. The van der Waals surface area contributed by atoms with Gasteiger partial charge < -0.3 is 19.9 Å². The van der Waals surface area contributed by atoms with E-state index in [4.69, 9.17) is 4.74 Å². The maximum atomic E-state index is 5.27. The van der Waals surface area contributed by atoms with Crippen LogP contribution in [0.25, 0.3) is 0 Å². The van der Waals surface area contributed by atoms with Gasteiger partial charge in [-0.2, -0.15) is 0 Å². The Labute approximate surface area is 171 Å². The van der Waals surface area contributed by atoms with Crippen molar-refractivity contribution in [2.24, 2.45) is 4.99 Å². The first-order valence-electron chi connectivity index (χ1n) is 8.40. The molecule has 1 aromatic heterocycles. The summed E-state index contributed by atoms with van der Waals surface area (Å²) in [5.41, 5.74) is 1.16. The molecule has 2 aromatic rings. The Kier molecular flexibility index (Phi) is 7.89. The SMILES string of the molecule is CN=C(NCc1cccc(OC)c1)N1CCN(c2ncccn2)CC1.I. The molecule has 2 heterocycles. The topological polar surface area (TPSA) is 65.9 Å². The van der Waals surface area contributed by atoms with Crippen LogP contribution in [-0.2, 0) is 6.54 Å². The van der Waals surface area contributed by atoms with Crippen LogP contribution < -0.4 is 15.0 Å². The number of methoxy groups -OCH3 is 1. The maximum Gasteiger partial charge on any atom is 0.225 e. The van der Waals surface area contributed by atoms with E-state index in [0.717, 1.165) is 49.4 Å². The zero-order chi connectivity index (χ0) is 17.5. The van der Waals surface area contributed by atoms with Crippen molar-refractivity contribution in [3.8, 4) is 5.75 Å². The van der Waals surface area contributed by atoms with E-state index >= 15 is 0 Å². The van der Waals surface area contributed by atoms with Crippen LogP contribution in [0.3, 0.4) is 0 Å². The fourth-order valence-electron chi connectivity index (χ4n) is 2.87. The number of guanidine groups is 1. The van der Waals surface area contributed by atoms with Crippen LogP contribution in [0.4, 0.5) is 5.95 Å². The summed E-state index contributed by atoms with van der Waals surface area (Å²) >= 11 is 0. The van der Waals surface area contributed by atoms with E-state index in [1.807, 2.05) is 31.3 Å². The maximum absolute atomic E-state index is 5.27. The van der Waals surface area contributed by atoms with Crippen LogP contribution in [0, 0.1) is 0 Å². The van der Waals surface area contributed by atoms with Gasteiger partial charge in [0.05, 0.1) is 7.11 Å². The van der Waals surface area contributed by atoms with Gasteiger partial charge in [0.1, 0.15) is 5.75 Å². The summed E-state index contributed by atoms with van der Waals surface area (Å²) in [7, 11) is 3.50. The van der Waals surface area contributed by atoms with Crippen LogP contribution in [-0.4, -0.2) is 61.2 Å². The van der Waals surface area contributed by atoms with Crippen molar-refractivity contribution in [1.29, 1.82) is 0 Å². The lowest BCUT2D eigenvalue weighted by Gasteiger charge is -2.36. The Bertz CT molecular complexity index is 704. The van der Waals surface area contributed by atoms with Crippen molar-refractivity contribution in [1.82, 2.24) is 20.2 Å². The summed E-state index contributed by atoms with van der Waals surface area (Å²) in [5.74, 6) is 2.57. The van der Waals surface area contributed by atoms with E-state index in [2.05, 4.69) is 36.1 Å². The molecule has 1 N–H and O–H groups in total. The molecule has 1 aromatic carbocycles. The molecule has 0 saturated carbocycles. The minimum atomic E-state index is 0. The van der Waals surface area contributed by atoms with Gasteiger partial charge in [0.2, 0.25) is 5.95 Å². The molecule has 0 radical (unpaired) electrons. The molecule has 0 atom stereocenters. The van der Waals surface area contributed by atoms with Crippen LogP contribution in [0.2, 0.25) is 0 Å². The number of piperazine rings is 1. The summed E-state index contributed by atoms with van der Waals surface area (Å²) in [6.45, 7) is 4.24. The number of nitrogens with zero attached hydrogens (tertiary/aromatic N) is 5. The zero-order valence-corrected chi connectivity index (χ0v) is 17.5. The van der Waals surface area contributed by atoms with Gasteiger partial charge in [0.15, 0.2) is 5.96 Å². The van der Waals surface area contributed by atoms with E-state index < -0.39 is 0 Å². The van der Waals surface area contributed by atoms with Crippen LogP contribution >= 0.6 is 24.0 Å².